The standard InChI is InChI=1S/C13H17NOS2/c1-17-12(16)9-5-6-10-14-13(15)11-7-3-2-4-8-11/h2-4,7-8H,5-6,9-10H2,1H3,(H,14,15). The molecule has 92 valence electrons. The van der Waals surface area contributed by atoms with Crippen molar-refractivity contribution in [2.24, 2.45) is 0 Å². The number of amides is 1. The van der Waals surface area contributed by atoms with Crippen molar-refractivity contribution < 1.29 is 4.79 Å². The Balaban J connectivity index is 2.15. The van der Waals surface area contributed by atoms with Gasteiger partial charge in [-0.2, -0.15) is 0 Å². The summed E-state index contributed by atoms with van der Waals surface area (Å²) in [6.45, 7) is 0.713. The lowest BCUT2D eigenvalue weighted by molar-refractivity contribution is 0.0953. The number of hydrogen-bond acceptors (Lipinski definition) is 3. The molecule has 0 aliphatic rings. The minimum Gasteiger partial charge on any atom is -0.352 e. The van der Waals surface area contributed by atoms with Gasteiger partial charge < -0.3 is 5.32 Å². The Bertz CT molecular complexity index is 365. The van der Waals surface area contributed by atoms with E-state index in [0.29, 0.717) is 12.1 Å². The molecule has 17 heavy (non-hydrogen) atoms. The van der Waals surface area contributed by atoms with Crippen molar-refractivity contribution >= 4 is 34.1 Å². The van der Waals surface area contributed by atoms with Crippen LogP contribution >= 0.6 is 24.0 Å². The normalized spacial score (nSPS) is 9.94. The van der Waals surface area contributed by atoms with Crippen LogP contribution in [-0.2, 0) is 0 Å². The Morgan fingerprint density at radius 1 is 1.29 bits per heavy atom. The summed E-state index contributed by atoms with van der Waals surface area (Å²) in [7, 11) is 0. The summed E-state index contributed by atoms with van der Waals surface area (Å²) < 4.78 is 1.04. The average Bonchev–Trinajstić information content (AvgIpc) is 2.38. The van der Waals surface area contributed by atoms with Gasteiger partial charge in [0.1, 0.15) is 0 Å². The predicted octanol–water partition coefficient (Wildman–Crippen LogP) is 3.28. The topological polar surface area (TPSA) is 29.1 Å². The molecule has 4 heteroatoms. The van der Waals surface area contributed by atoms with Crippen molar-refractivity contribution in [2.75, 3.05) is 12.8 Å². The molecule has 0 aromatic heterocycles. The van der Waals surface area contributed by atoms with E-state index in [9.17, 15) is 4.79 Å². The lowest BCUT2D eigenvalue weighted by atomic mass is 10.2. The Kier molecular flexibility index (Phi) is 6.89. The molecule has 1 amide bonds. The molecule has 0 saturated carbocycles. The third-order valence-corrected chi connectivity index (χ3v) is 3.72. The summed E-state index contributed by atoms with van der Waals surface area (Å²) in [6, 6.07) is 9.27. The maximum absolute atomic E-state index is 11.7. The molecule has 0 fully saturated rings. The molecule has 2 nitrogen and oxygen atoms in total. The fourth-order valence-electron chi connectivity index (χ4n) is 1.39. The summed E-state index contributed by atoms with van der Waals surface area (Å²) in [5.74, 6) is -0.00181. The van der Waals surface area contributed by atoms with E-state index in [1.165, 1.54) is 0 Å². The SMILES string of the molecule is CSC(=S)CCCCNC(=O)c1ccccc1. The largest absolute Gasteiger partial charge is 0.352 e. The number of rotatable bonds is 6. The Morgan fingerprint density at radius 3 is 2.65 bits per heavy atom. The van der Waals surface area contributed by atoms with Crippen LogP contribution in [0, 0.1) is 0 Å². The molecule has 1 aromatic rings. The monoisotopic (exact) mass is 267 g/mol. The van der Waals surface area contributed by atoms with Gasteiger partial charge in [-0.3, -0.25) is 4.79 Å². The van der Waals surface area contributed by atoms with E-state index in [4.69, 9.17) is 12.2 Å². The summed E-state index contributed by atoms with van der Waals surface area (Å²) in [4.78, 5) is 11.7. The van der Waals surface area contributed by atoms with Crippen LogP contribution in [0.4, 0.5) is 0 Å². The fourth-order valence-corrected chi connectivity index (χ4v) is 1.88. The van der Waals surface area contributed by atoms with Crippen LogP contribution in [0.2, 0.25) is 0 Å². The van der Waals surface area contributed by atoms with Crippen molar-refractivity contribution in [3.05, 3.63) is 35.9 Å². The van der Waals surface area contributed by atoms with Crippen LogP contribution < -0.4 is 5.32 Å². The minimum atomic E-state index is -0.00181. The first kappa shape index (κ1) is 14.2. The van der Waals surface area contributed by atoms with Crippen LogP contribution in [0.15, 0.2) is 30.3 Å². The highest BCUT2D eigenvalue weighted by Crippen LogP contribution is 2.07. The molecule has 0 heterocycles. The highest BCUT2D eigenvalue weighted by molar-refractivity contribution is 8.22. The van der Waals surface area contributed by atoms with E-state index >= 15 is 0 Å². The number of thioether (sulfide) groups is 1. The van der Waals surface area contributed by atoms with E-state index in [1.807, 2.05) is 36.6 Å². The summed E-state index contributed by atoms with van der Waals surface area (Å²) in [5.41, 5.74) is 0.715. The van der Waals surface area contributed by atoms with Crippen molar-refractivity contribution in [1.82, 2.24) is 5.32 Å². The van der Waals surface area contributed by atoms with Crippen molar-refractivity contribution in [1.29, 1.82) is 0 Å². The zero-order valence-electron chi connectivity index (χ0n) is 9.94. The number of carbonyl (C=O) groups is 1. The Labute approximate surface area is 112 Å². The summed E-state index contributed by atoms with van der Waals surface area (Å²) >= 11 is 6.74. The number of nitrogens with one attached hydrogen (secondary N) is 1. The molecule has 0 spiro atoms. The number of hydrogen-bond donors (Lipinski definition) is 1. The highest BCUT2D eigenvalue weighted by atomic mass is 32.2. The molecular weight excluding hydrogens is 250 g/mol. The second-order valence-electron chi connectivity index (χ2n) is 3.66. The van der Waals surface area contributed by atoms with Gasteiger partial charge in [0.25, 0.3) is 5.91 Å². The van der Waals surface area contributed by atoms with Crippen LogP contribution in [0.3, 0.4) is 0 Å². The number of thiocarbonyl (C=S) groups is 1. The van der Waals surface area contributed by atoms with E-state index < -0.39 is 0 Å². The zero-order valence-corrected chi connectivity index (χ0v) is 11.6. The molecule has 1 N–H and O–H groups in total. The maximum Gasteiger partial charge on any atom is 0.251 e. The summed E-state index contributed by atoms with van der Waals surface area (Å²) in [5, 5.41) is 2.90. The van der Waals surface area contributed by atoms with Crippen LogP contribution in [0.5, 0.6) is 0 Å². The molecule has 1 aromatic carbocycles. The number of benzene rings is 1. The molecule has 1 rings (SSSR count). The third-order valence-electron chi connectivity index (χ3n) is 2.36. The first-order valence-corrected chi connectivity index (χ1v) is 7.27. The van der Waals surface area contributed by atoms with E-state index in [-0.39, 0.29) is 5.91 Å². The van der Waals surface area contributed by atoms with Gasteiger partial charge in [0.2, 0.25) is 0 Å². The van der Waals surface area contributed by atoms with Gasteiger partial charge in [-0.25, -0.2) is 0 Å². The second-order valence-corrected chi connectivity index (χ2v) is 5.31. The molecule has 0 aliphatic carbocycles. The fraction of sp³-hybridized carbons (Fsp3) is 0.385. The number of carbonyl (C=O) groups excluding carboxylic acids is 1. The zero-order chi connectivity index (χ0) is 12.5. The number of unbranched alkanes of at least 4 members (excludes halogenated alkanes) is 1. The van der Waals surface area contributed by atoms with E-state index in [0.717, 1.165) is 23.5 Å². The van der Waals surface area contributed by atoms with Gasteiger partial charge in [-0.15, -0.1) is 11.8 Å². The highest BCUT2D eigenvalue weighted by Gasteiger charge is 2.02. The second kappa shape index (κ2) is 8.25. The van der Waals surface area contributed by atoms with Gasteiger partial charge in [0.15, 0.2) is 0 Å². The van der Waals surface area contributed by atoms with Crippen molar-refractivity contribution in [2.45, 2.75) is 19.3 Å². The van der Waals surface area contributed by atoms with Crippen molar-refractivity contribution in [3.8, 4) is 0 Å². The predicted molar refractivity (Wildman–Crippen MR) is 78.7 cm³/mol. The van der Waals surface area contributed by atoms with Crippen LogP contribution in [0.1, 0.15) is 29.6 Å². The molecule has 0 bridgehead atoms. The first-order chi connectivity index (χ1) is 8.24. The molecular formula is C13H17NOS2. The molecule has 0 unspecified atom stereocenters. The van der Waals surface area contributed by atoms with Crippen LogP contribution in [-0.4, -0.2) is 22.9 Å². The first-order valence-electron chi connectivity index (χ1n) is 5.64. The van der Waals surface area contributed by atoms with Gasteiger partial charge >= 0.3 is 0 Å². The van der Waals surface area contributed by atoms with E-state index in [1.54, 1.807) is 11.8 Å². The smallest absolute Gasteiger partial charge is 0.251 e. The molecule has 0 atom stereocenters. The third kappa shape index (κ3) is 5.84. The van der Waals surface area contributed by atoms with Gasteiger partial charge in [-0.1, -0.05) is 30.4 Å². The van der Waals surface area contributed by atoms with Gasteiger partial charge in [0, 0.05) is 16.3 Å². The summed E-state index contributed by atoms with van der Waals surface area (Å²) in [6.07, 6.45) is 4.96. The maximum atomic E-state index is 11.7. The Hall–Kier alpha value is -0.870. The van der Waals surface area contributed by atoms with Crippen molar-refractivity contribution in [3.63, 3.8) is 0 Å². The lowest BCUT2D eigenvalue weighted by Crippen LogP contribution is -2.24. The molecule has 0 radical (unpaired) electrons. The lowest BCUT2D eigenvalue weighted by Gasteiger charge is -2.05. The molecule has 0 saturated heterocycles. The molecule has 0 aliphatic heterocycles. The van der Waals surface area contributed by atoms with Crippen LogP contribution in [0.25, 0.3) is 0 Å². The average molecular weight is 267 g/mol. The Morgan fingerprint density at radius 2 is 2.00 bits per heavy atom. The van der Waals surface area contributed by atoms with Gasteiger partial charge in [0.05, 0.1) is 0 Å². The quantitative estimate of drug-likeness (QED) is 0.633. The minimum absolute atomic E-state index is 0.00181. The van der Waals surface area contributed by atoms with E-state index in [2.05, 4.69) is 5.32 Å². The van der Waals surface area contributed by atoms with Gasteiger partial charge in [-0.05, 0) is 37.7 Å².